The Morgan fingerprint density at radius 2 is 1.38 bits per heavy atom. The minimum Gasteiger partial charge on any atom is -0.497 e. The molecule has 1 saturated heterocycles. The van der Waals surface area contributed by atoms with Gasteiger partial charge in [0.1, 0.15) is 5.75 Å². The van der Waals surface area contributed by atoms with Gasteiger partial charge in [-0.1, -0.05) is 54.1 Å². The van der Waals surface area contributed by atoms with E-state index >= 15 is 0 Å². The average Bonchev–Trinajstić information content (AvgIpc) is 3.30. The van der Waals surface area contributed by atoms with Crippen LogP contribution >= 0.6 is 11.6 Å². The number of piperazine rings is 1. The molecule has 0 unspecified atom stereocenters. The van der Waals surface area contributed by atoms with E-state index in [1.54, 1.807) is 36.3 Å². The van der Waals surface area contributed by atoms with Crippen molar-refractivity contribution in [2.24, 2.45) is 0 Å². The van der Waals surface area contributed by atoms with E-state index in [0.29, 0.717) is 42.3 Å². The molecule has 0 atom stereocenters. The number of methoxy groups -OCH3 is 1. The predicted molar refractivity (Wildman–Crippen MR) is 146 cm³/mol. The highest BCUT2D eigenvalue weighted by atomic mass is 35.5. The van der Waals surface area contributed by atoms with E-state index in [9.17, 15) is 9.59 Å². The third kappa shape index (κ3) is 4.85. The maximum atomic E-state index is 13.7. The molecular weight excluding hydrogens is 486 g/mol. The van der Waals surface area contributed by atoms with Crippen LogP contribution in [-0.2, 0) is 0 Å². The lowest BCUT2D eigenvalue weighted by Gasteiger charge is -2.35. The number of carbonyl (C=O) groups excluding carboxylic acids is 2. The number of hydrogen-bond acceptors (Lipinski definition) is 3. The number of para-hydroxylation sites is 1. The van der Waals surface area contributed by atoms with Gasteiger partial charge in [-0.2, -0.15) is 0 Å². The largest absolute Gasteiger partial charge is 0.497 e. The summed E-state index contributed by atoms with van der Waals surface area (Å²) in [6.45, 7) is 3.80. The molecule has 0 saturated carbocycles. The third-order valence-corrected chi connectivity index (χ3v) is 7.15. The number of benzene rings is 3. The highest BCUT2D eigenvalue weighted by Gasteiger charge is 2.29. The second-order valence-corrected chi connectivity index (χ2v) is 9.40. The first kappa shape index (κ1) is 24.7. The van der Waals surface area contributed by atoms with Crippen molar-refractivity contribution in [1.29, 1.82) is 0 Å². The molecule has 0 N–H and O–H groups in total. The molecule has 1 aliphatic rings. The SMILES string of the molecule is COc1cccc(-c2cc(C(=O)N3CCN(C(=O)c4ccccc4Cl)CC3)c(C)n2-c2ccccc2)c1. The van der Waals surface area contributed by atoms with Crippen molar-refractivity contribution in [2.45, 2.75) is 6.92 Å². The second kappa shape index (κ2) is 10.5. The van der Waals surface area contributed by atoms with Gasteiger partial charge in [-0.25, -0.2) is 0 Å². The van der Waals surface area contributed by atoms with Crippen molar-refractivity contribution in [3.63, 3.8) is 0 Å². The summed E-state index contributed by atoms with van der Waals surface area (Å²) >= 11 is 6.23. The molecular formula is C30H28ClN3O3. The topological polar surface area (TPSA) is 54.8 Å². The first-order valence-electron chi connectivity index (χ1n) is 12.2. The molecule has 1 aliphatic heterocycles. The molecule has 0 spiro atoms. The van der Waals surface area contributed by atoms with E-state index < -0.39 is 0 Å². The van der Waals surface area contributed by atoms with Gasteiger partial charge in [-0.3, -0.25) is 9.59 Å². The smallest absolute Gasteiger partial charge is 0.255 e. The number of aromatic nitrogens is 1. The van der Waals surface area contributed by atoms with Gasteiger partial charge >= 0.3 is 0 Å². The Morgan fingerprint density at radius 1 is 0.757 bits per heavy atom. The second-order valence-electron chi connectivity index (χ2n) is 9.00. The quantitative estimate of drug-likeness (QED) is 0.343. The molecule has 5 rings (SSSR count). The summed E-state index contributed by atoms with van der Waals surface area (Å²) < 4.78 is 7.56. The van der Waals surface area contributed by atoms with Crippen molar-refractivity contribution < 1.29 is 14.3 Å². The van der Waals surface area contributed by atoms with Gasteiger partial charge in [0.05, 0.1) is 29.0 Å². The van der Waals surface area contributed by atoms with Crippen LogP contribution in [0.4, 0.5) is 0 Å². The minimum absolute atomic E-state index is 0.0406. The summed E-state index contributed by atoms with van der Waals surface area (Å²) in [5.74, 6) is 0.605. The van der Waals surface area contributed by atoms with Gasteiger partial charge < -0.3 is 19.1 Å². The zero-order valence-electron chi connectivity index (χ0n) is 20.9. The van der Waals surface area contributed by atoms with Crippen LogP contribution in [0.1, 0.15) is 26.4 Å². The number of ether oxygens (including phenoxy) is 1. The van der Waals surface area contributed by atoms with E-state index in [1.807, 2.05) is 72.5 Å². The number of nitrogens with zero attached hydrogens (tertiary/aromatic N) is 3. The first-order chi connectivity index (χ1) is 18.0. The minimum atomic E-state index is -0.107. The predicted octanol–water partition coefficient (Wildman–Crippen LogP) is 5.71. The van der Waals surface area contributed by atoms with Crippen LogP contribution in [0.15, 0.2) is 84.9 Å². The number of carbonyl (C=O) groups is 2. The maximum absolute atomic E-state index is 13.7. The van der Waals surface area contributed by atoms with E-state index in [-0.39, 0.29) is 11.8 Å². The molecule has 37 heavy (non-hydrogen) atoms. The molecule has 1 fully saturated rings. The van der Waals surface area contributed by atoms with Crippen LogP contribution < -0.4 is 4.74 Å². The van der Waals surface area contributed by atoms with Gasteiger partial charge in [0.15, 0.2) is 0 Å². The Labute approximate surface area is 221 Å². The highest BCUT2D eigenvalue weighted by Crippen LogP contribution is 2.32. The molecule has 4 aromatic rings. The monoisotopic (exact) mass is 513 g/mol. The van der Waals surface area contributed by atoms with Gasteiger partial charge in [0.25, 0.3) is 11.8 Å². The summed E-state index contributed by atoms with van der Waals surface area (Å²) in [5, 5.41) is 0.439. The molecule has 0 bridgehead atoms. The molecule has 6 nitrogen and oxygen atoms in total. The van der Waals surface area contributed by atoms with Gasteiger partial charge in [-0.15, -0.1) is 0 Å². The molecule has 7 heteroatoms. The fraction of sp³-hybridized carbons (Fsp3) is 0.200. The maximum Gasteiger partial charge on any atom is 0.255 e. The normalized spacial score (nSPS) is 13.5. The first-order valence-corrected chi connectivity index (χ1v) is 12.6. The Morgan fingerprint density at radius 3 is 2.03 bits per heavy atom. The zero-order chi connectivity index (χ0) is 25.9. The summed E-state index contributed by atoms with van der Waals surface area (Å²) in [4.78, 5) is 30.3. The van der Waals surface area contributed by atoms with Crippen LogP contribution in [0.25, 0.3) is 16.9 Å². The van der Waals surface area contributed by atoms with Crippen LogP contribution in [0.2, 0.25) is 5.02 Å². The van der Waals surface area contributed by atoms with Crippen molar-refractivity contribution in [1.82, 2.24) is 14.4 Å². The standard InChI is InChI=1S/C30H28ClN3O3/c1-21-26(30(36)33-17-15-32(16-18-33)29(35)25-13-6-7-14-27(25)31)20-28(22-9-8-12-24(19-22)37-2)34(21)23-10-4-3-5-11-23/h3-14,19-20H,15-18H2,1-2H3. The summed E-state index contributed by atoms with van der Waals surface area (Å²) in [5.41, 5.74) is 4.85. The number of rotatable bonds is 5. The fourth-order valence-corrected chi connectivity index (χ4v) is 5.03. The number of amides is 2. The lowest BCUT2D eigenvalue weighted by Crippen LogP contribution is -2.50. The zero-order valence-corrected chi connectivity index (χ0v) is 21.6. The Kier molecular flexibility index (Phi) is 7.01. The van der Waals surface area contributed by atoms with E-state index in [2.05, 4.69) is 4.57 Å². The third-order valence-electron chi connectivity index (χ3n) is 6.82. The molecule has 2 heterocycles. The van der Waals surface area contributed by atoms with Gasteiger partial charge in [0, 0.05) is 43.1 Å². The van der Waals surface area contributed by atoms with Crippen LogP contribution in [0.5, 0.6) is 5.75 Å². The van der Waals surface area contributed by atoms with E-state index in [1.165, 1.54) is 0 Å². The fourth-order valence-electron chi connectivity index (χ4n) is 4.82. The lowest BCUT2D eigenvalue weighted by molar-refractivity contribution is 0.0535. The number of halogens is 1. The van der Waals surface area contributed by atoms with Crippen molar-refractivity contribution in [2.75, 3.05) is 33.3 Å². The Balaban J connectivity index is 1.42. The molecule has 3 aromatic carbocycles. The molecule has 188 valence electrons. The van der Waals surface area contributed by atoms with Crippen molar-refractivity contribution >= 4 is 23.4 Å². The Hall–Kier alpha value is -4.03. The number of hydrogen-bond donors (Lipinski definition) is 0. The van der Waals surface area contributed by atoms with E-state index in [0.717, 1.165) is 28.4 Å². The average molecular weight is 514 g/mol. The molecule has 2 amide bonds. The van der Waals surface area contributed by atoms with Crippen molar-refractivity contribution in [3.8, 4) is 22.7 Å². The lowest BCUT2D eigenvalue weighted by atomic mass is 10.1. The molecule has 0 radical (unpaired) electrons. The summed E-state index contributed by atoms with van der Waals surface area (Å²) in [7, 11) is 1.64. The van der Waals surface area contributed by atoms with Crippen LogP contribution in [-0.4, -0.2) is 59.5 Å². The summed E-state index contributed by atoms with van der Waals surface area (Å²) in [6, 6.07) is 26.9. The molecule has 0 aliphatic carbocycles. The van der Waals surface area contributed by atoms with Crippen molar-refractivity contribution in [3.05, 3.63) is 107 Å². The van der Waals surface area contributed by atoms with Crippen LogP contribution in [0.3, 0.4) is 0 Å². The molecule has 1 aromatic heterocycles. The van der Waals surface area contributed by atoms with Gasteiger partial charge in [0.2, 0.25) is 0 Å². The van der Waals surface area contributed by atoms with Gasteiger partial charge in [-0.05, 0) is 49.4 Å². The summed E-state index contributed by atoms with van der Waals surface area (Å²) in [6.07, 6.45) is 0. The highest BCUT2D eigenvalue weighted by molar-refractivity contribution is 6.33. The van der Waals surface area contributed by atoms with Crippen LogP contribution in [0, 0.1) is 6.92 Å². The Bertz CT molecular complexity index is 1440. The van der Waals surface area contributed by atoms with E-state index in [4.69, 9.17) is 16.3 Å².